The van der Waals surface area contributed by atoms with E-state index in [0.29, 0.717) is 19.0 Å². The number of nitrogen functional groups attached to an aromatic ring is 1. The average Bonchev–Trinajstić information content (AvgIpc) is 2.56. The third kappa shape index (κ3) is 3.59. The predicted molar refractivity (Wildman–Crippen MR) is 93.6 cm³/mol. The number of benzene rings is 2. The van der Waals surface area contributed by atoms with Crippen LogP contribution in [-0.2, 0) is 12.8 Å². The van der Waals surface area contributed by atoms with Crippen LogP contribution in [0, 0.1) is 0 Å². The van der Waals surface area contributed by atoms with Crippen molar-refractivity contribution in [2.45, 2.75) is 26.2 Å². The lowest BCUT2D eigenvalue weighted by Gasteiger charge is -2.11. The van der Waals surface area contributed by atoms with Crippen LogP contribution < -0.4 is 10.5 Å². The first-order valence-corrected chi connectivity index (χ1v) is 7.99. The highest BCUT2D eigenvalue weighted by Gasteiger charge is 2.07. The first-order chi connectivity index (χ1) is 11.3. The quantitative estimate of drug-likeness (QED) is 0.752. The molecular formula is C19H21N3O. The van der Waals surface area contributed by atoms with Crippen LogP contribution in [-0.4, -0.2) is 16.6 Å². The van der Waals surface area contributed by atoms with Gasteiger partial charge in [0.1, 0.15) is 5.75 Å². The van der Waals surface area contributed by atoms with Gasteiger partial charge >= 0.3 is 0 Å². The summed E-state index contributed by atoms with van der Waals surface area (Å²) in [7, 11) is 0. The molecule has 3 rings (SSSR count). The maximum atomic E-state index is 5.98. The topological polar surface area (TPSA) is 61.0 Å². The standard InChI is InChI=1S/C19H21N3O/c1-2-7-14-8-3-6-11-18(14)23-13-12-17-15-9-4-5-10-16(15)21-19(20)22-17/h3-6,8-11H,2,7,12-13H2,1H3,(H2,20,21,22). The highest BCUT2D eigenvalue weighted by Crippen LogP contribution is 2.21. The van der Waals surface area contributed by atoms with Gasteiger partial charge in [0.05, 0.1) is 17.8 Å². The van der Waals surface area contributed by atoms with Crippen LogP contribution >= 0.6 is 0 Å². The number of nitrogens with zero attached hydrogens (tertiary/aromatic N) is 2. The number of ether oxygens (including phenoxy) is 1. The molecule has 0 fully saturated rings. The number of anilines is 1. The Morgan fingerprint density at radius 1 is 0.957 bits per heavy atom. The zero-order valence-electron chi connectivity index (χ0n) is 13.3. The van der Waals surface area contributed by atoms with Crippen molar-refractivity contribution in [3.05, 3.63) is 59.8 Å². The van der Waals surface area contributed by atoms with Gasteiger partial charge < -0.3 is 10.5 Å². The number of fused-ring (bicyclic) bond motifs is 1. The fraction of sp³-hybridized carbons (Fsp3) is 0.263. The van der Waals surface area contributed by atoms with Crippen molar-refractivity contribution in [2.24, 2.45) is 0 Å². The molecule has 1 heterocycles. The SMILES string of the molecule is CCCc1ccccc1OCCc1nc(N)nc2ccccc12. The molecule has 3 aromatic rings. The molecule has 1 aromatic heterocycles. The highest BCUT2D eigenvalue weighted by molar-refractivity contribution is 5.81. The Hall–Kier alpha value is -2.62. The summed E-state index contributed by atoms with van der Waals surface area (Å²) in [6.07, 6.45) is 2.83. The van der Waals surface area contributed by atoms with Gasteiger partial charge in [-0.25, -0.2) is 9.97 Å². The number of rotatable bonds is 6. The van der Waals surface area contributed by atoms with E-state index in [2.05, 4.69) is 29.0 Å². The Morgan fingerprint density at radius 2 is 1.74 bits per heavy atom. The Kier molecular flexibility index (Phi) is 4.71. The second kappa shape index (κ2) is 7.09. The van der Waals surface area contributed by atoms with Gasteiger partial charge in [-0.3, -0.25) is 0 Å². The fourth-order valence-electron chi connectivity index (χ4n) is 2.73. The Bertz CT molecular complexity index is 801. The number of hydrogen-bond acceptors (Lipinski definition) is 4. The largest absolute Gasteiger partial charge is 0.493 e. The normalized spacial score (nSPS) is 10.8. The van der Waals surface area contributed by atoms with Crippen LogP contribution in [0.15, 0.2) is 48.5 Å². The maximum absolute atomic E-state index is 5.98. The van der Waals surface area contributed by atoms with Crippen LogP contribution in [0.1, 0.15) is 24.6 Å². The minimum Gasteiger partial charge on any atom is -0.493 e. The van der Waals surface area contributed by atoms with Crippen molar-refractivity contribution in [1.82, 2.24) is 9.97 Å². The van der Waals surface area contributed by atoms with Crippen molar-refractivity contribution in [2.75, 3.05) is 12.3 Å². The van der Waals surface area contributed by atoms with Gasteiger partial charge in [0.15, 0.2) is 0 Å². The van der Waals surface area contributed by atoms with Gasteiger partial charge in [0.2, 0.25) is 5.95 Å². The van der Waals surface area contributed by atoms with Gasteiger partial charge in [-0.05, 0) is 24.1 Å². The molecule has 0 amide bonds. The molecule has 4 nitrogen and oxygen atoms in total. The number of aromatic nitrogens is 2. The minimum absolute atomic E-state index is 0.310. The molecular weight excluding hydrogens is 286 g/mol. The molecule has 4 heteroatoms. The summed E-state index contributed by atoms with van der Waals surface area (Å²) in [5.74, 6) is 1.27. The molecule has 0 saturated heterocycles. The molecule has 0 saturated carbocycles. The van der Waals surface area contributed by atoms with Crippen LogP contribution in [0.5, 0.6) is 5.75 Å². The molecule has 23 heavy (non-hydrogen) atoms. The summed E-state index contributed by atoms with van der Waals surface area (Å²) in [4.78, 5) is 8.64. The maximum Gasteiger partial charge on any atom is 0.220 e. The Labute approximate surface area is 136 Å². The van der Waals surface area contributed by atoms with E-state index < -0.39 is 0 Å². The van der Waals surface area contributed by atoms with E-state index in [-0.39, 0.29) is 0 Å². The summed E-state index contributed by atoms with van der Waals surface area (Å²) in [5, 5.41) is 1.03. The van der Waals surface area contributed by atoms with Crippen LogP contribution in [0.3, 0.4) is 0 Å². The van der Waals surface area contributed by atoms with E-state index >= 15 is 0 Å². The lowest BCUT2D eigenvalue weighted by molar-refractivity contribution is 0.317. The monoisotopic (exact) mass is 307 g/mol. The summed E-state index contributed by atoms with van der Waals surface area (Å²) >= 11 is 0. The fourth-order valence-corrected chi connectivity index (χ4v) is 2.73. The van der Waals surface area contributed by atoms with Crippen LogP contribution in [0.25, 0.3) is 10.9 Å². The van der Waals surface area contributed by atoms with E-state index in [1.165, 1.54) is 5.56 Å². The highest BCUT2D eigenvalue weighted by atomic mass is 16.5. The van der Waals surface area contributed by atoms with Crippen molar-refractivity contribution in [3.8, 4) is 5.75 Å². The molecule has 0 aliphatic rings. The van der Waals surface area contributed by atoms with Crippen molar-refractivity contribution in [3.63, 3.8) is 0 Å². The summed E-state index contributed by atoms with van der Waals surface area (Å²) in [5.41, 5.74) is 8.87. The Morgan fingerprint density at radius 3 is 2.61 bits per heavy atom. The van der Waals surface area contributed by atoms with Crippen molar-refractivity contribution < 1.29 is 4.74 Å². The van der Waals surface area contributed by atoms with E-state index in [1.807, 2.05) is 36.4 Å². The van der Waals surface area contributed by atoms with Gasteiger partial charge in [-0.15, -0.1) is 0 Å². The molecule has 0 unspecified atom stereocenters. The van der Waals surface area contributed by atoms with Gasteiger partial charge in [-0.2, -0.15) is 0 Å². The van der Waals surface area contributed by atoms with E-state index in [9.17, 15) is 0 Å². The summed E-state index contributed by atoms with van der Waals surface area (Å²) in [6, 6.07) is 16.1. The molecule has 0 spiro atoms. The van der Waals surface area contributed by atoms with Crippen molar-refractivity contribution >= 4 is 16.9 Å². The molecule has 2 N–H and O–H groups in total. The average molecular weight is 307 g/mol. The first kappa shape index (κ1) is 15.3. The molecule has 0 radical (unpaired) electrons. The van der Waals surface area contributed by atoms with Gasteiger partial charge in [0, 0.05) is 11.8 Å². The zero-order valence-corrected chi connectivity index (χ0v) is 13.3. The first-order valence-electron chi connectivity index (χ1n) is 7.99. The summed E-state index contributed by atoms with van der Waals surface area (Å²) < 4.78 is 5.98. The molecule has 118 valence electrons. The van der Waals surface area contributed by atoms with Crippen LogP contribution in [0.2, 0.25) is 0 Å². The second-order valence-electron chi connectivity index (χ2n) is 5.50. The molecule has 2 aromatic carbocycles. The lowest BCUT2D eigenvalue weighted by Crippen LogP contribution is -2.07. The minimum atomic E-state index is 0.310. The van der Waals surface area contributed by atoms with E-state index in [0.717, 1.165) is 35.2 Å². The predicted octanol–water partition coefficient (Wildman–Crippen LogP) is 3.79. The molecule has 0 aliphatic carbocycles. The smallest absolute Gasteiger partial charge is 0.220 e. The number of hydrogen-bond donors (Lipinski definition) is 1. The van der Waals surface area contributed by atoms with Gasteiger partial charge in [-0.1, -0.05) is 49.7 Å². The molecule has 0 bridgehead atoms. The third-order valence-electron chi connectivity index (χ3n) is 3.79. The van der Waals surface area contributed by atoms with Gasteiger partial charge in [0.25, 0.3) is 0 Å². The van der Waals surface area contributed by atoms with E-state index in [4.69, 9.17) is 10.5 Å². The van der Waals surface area contributed by atoms with Crippen molar-refractivity contribution in [1.29, 1.82) is 0 Å². The third-order valence-corrected chi connectivity index (χ3v) is 3.79. The molecule has 0 atom stereocenters. The zero-order chi connectivity index (χ0) is 16.1. The Balaban J connectivity index is 1.74. The lowest BCUT2D eigenvalue weighted by atomic mass is 10.1. The van der Waals surface area contributed by atoms with Crippen LogP contribution in [0.4, 0.5) is 5.95 Å². The number of aryl methyl sites for hydroxylation is 1. The number of para-hydroxylation sites is 2. The number of nitrogens with two attached hydrogens (primary N) is 1. The summed E-state index contributed by atoms with van der Waals surface area (Å²) in [6.45, 7) is 2.74. The second-order valence-corrected chi connectivity index (χ2v) is 5.50. The van der Waals surface area contributed by atoms with E-state index in [1.54, 1.807) is 0 Å². The molecule has 0 aliphatic heterocycles.